The first-order valence-corrected chi connectivity index (χ1v) is 11.8. The van der Waals surface area contributed by atoms with Crippen molar-refractivity contribution in [2.24, 2.45) is 0 Å². The van der Waals surface area contributed by atoms with Crippen LogP contribution < -0.4 is 4.74 Å². The van der Waals surface area contributed by atoms with Gasteiger partial charge < -0.3 is 4.74 Å². The Morgan fingerprint density at radius 3 is 2.65 bits per heavy atom. The number of hydrogen-bond acceptors (Lipinski definition) is 7. The number of carbonyl (C=O) groups is 1. The Labute approximate surface area is 206 Å². The van der Waals surface area contributed by atoms with Crippen molar-refractivity contribution in [1.29, 1.82) is 0 Å². The van der Waals surface area contributed by atoms with E-state index >= 15 is 0 Å². The number of hydrogen-bond donors (Lipinski definition) is 0. The van der Waals surface area contributed by atoms with Crippen LogP contribution in [-0.2, 0) is 4.79 Å². The molecule has 0 N–H and O–H groups in total. The topological polar surface area (TPSA) is 90.5 Å². The quantitative estimate of drug-likeness (QED) is 0.187. The fraction of sp³-hybridized carbons (Fsp3) is 0.208. The fourth-order valence-electron chi connectivity index (χ4n) is 3.59. The summed E-state index contributed by atoms with van der Waals surface area (Å²) in [6.45, 7) is 3.97. The molecule has 1 amide bonds. The highest BCUT2D eigenvalue weighted by Crippen LogP contribution is 2.38. The molecule has 1 aliphatic heterocycles. The molecule has 0 spiro atoms. The zero-order valence-corrected chi connectivity index (χ0v) is 20.4. The van der Waals surface area contributed by atoms with E-state index in [1.54, 1.807) is 34.0 Å². The summed E-state index contributed by atoms with van der Waals surface area (Å²) in [4.78, 5) is 26.3. The van der Waals surface area contributed by atoms with Crippen LogP contribution >= 0.6 is 24.0 Å². The van der Waals surface area contributed by atoms with Crippen LogP contribution in [-0.4, -0.2) is 43.0 Å². The Morgan fingerprint density at radius 1 is 1.26 bits per heavy atom. The van der Waals surface area contributed by atoms with E-state index in [1.165, 1.54) is 24.9 Å². The Morgan fingerprint density at radius 2 is 2.00 bits per heavy atom. The van der Waals surface area contributed by atoms with Crippen LogP contribution in [0.3, 0.4) is 0 Å². The Bertz CT molecular complexity index is 1300. The maximum atomic E-state index is 13.1. The lowest BCUT2D eigenvalue weighted by Gasteiger charge is -2.21. The van der Waals surface area contributed by atoms with Crippen molar-refractivity contribution in [3.8, 4) is 22.7 Å². The summed E-state index contributed by atoms with van der Waals surface area (Å²) < 4.78 is 7.34. The number of benzene rings is 2. The average Bonchev–Trinajstić information content (AvgIpc) is 3.39. The molecule has 0 aliphatic carbocycles. The standard InChI is InChI=1S/C24H22N4O4S2/c1-4-15(2)27-23(29)21(34-24(27)33)13-17-14-26(18-8-6-5-7-9-18)25-22(17)16-10-11-20(32-3)19(12-16)28(30)31/h5-15H,4H2,1-3H3/b21-13-. The van der Waals surface area contributed by atoms with Gasteiger partial charge in [0.1, 0.15) is 10.0 Å². The van der Waals surface area contributed by atoms with Gasteiger partial charge in [-0.1, -0.05) is 49.1 Å². The molecule has 1 unspecified atom stereocenters. The first kappa shape index (κ1) is 23.7. The second-order valence-corrected chi connectivity index (χ2v) is 9.34. The minimum absolute atomic E-state index is 0.00542. The number of nitrogens with zero attached hydrogens (tertiary/aromatic N) is 4. The molecule has 1 aromatic heterocycles. The van der Waals surface area contributed by atoms with Gasteiger partial charge in [0, 0.05) is 29.4 Å². The number of thioether (sulfide) groups is 1. The SMILES string of the molecule is CCC(C)N1C(=O)/C(=C/c2cn(-c3ccccc3)nc2-c2ccc(OC)c([N+](=O)[O-])c2)SC1=S. The molecule has 1 aliphatic rings. The molecule has 2 aromatic carbocycles. The number of nitro groups is 1. The van der Waals surface area contributed by atoms with E-state index in [-0.39, 0.29) is 23.4 Å². The molecule has 3 aromatic rings. The molecule has 1 saturated heterocycles. The van der Waals surface area contributed by atoms with Crippen LogP contribution in [0.15, 0.2) is 59.6 Å². The summed E-state index contributed by atoms with van der Waals surface area (Å²) in [5.41, 5.74) is 2.34. The molecule has 1 fully saturated rings. The molecule has 2 heterocycles. The van der Waals surface area contributed by atoms with Gasteiger partial charge >= 0.3 is 5.69 Å². The largest absolute Gasteiger partial charge is 0.490 e. The number of thiocarbonyl (C=S) groups is 1. The van der Waals surface area contributed by atoms with Crippen molar-refractivity contribution in [3.05, 3.63) is 75.3 Å². The molecule has 4 rings (SSSR count). The number of rotatable bonds is 7. The lowest BCUT2D eigenvalue weighted by molar-refractivity contribution is -0.385. The monoisotopic (exact) mass is 494 g/mol. The van der Waals surface area contributed by atoms with E-state index in [0.717, 1.165) is 12.1 Å². The molecule has 10 heteroatoms. The average molecular weight is 495 g/mol. The number of ether oxygens (including phenoxy) is 1. The van der Waals surface area contributed by atoms with Crippen molar-refractivity contribution in [3.63, 3.8) is 0 Å². The molecule has 1 atom stereocenters. The van der Waals surface area contributed by atoms with Crippen molar-refractivity contribution in [1.82, 2.24) is 14.7 Å². The maximum absolute atomic E-state index is 13.1. The lowest BCUT2D eigenvalue weighted by atomic mass is 10.1. The normalized spacial score (nSPS) is 15.7. The summed E-state index contributed by atoms with van der Waals surface area (Å²) in [6.07, 6.45) is 4.34. The summed E-state index contributed by atoms with van der Waals surface area (Å²) >= 11 is 6.70. The summed E-state index contributed by atoms with van der Waals surface area (Å²) in [7, 11) is 1.39. The minimum Gasteiger partial charge on any atom is -0.490 e. The van der Waals surface area contributed by atoms with Crippen LogP contribution in [0.25, 0.3) is 23.0 Å². The van der Waals surface area contributed by atoms with Crippen LogP contribution in [0.4, 0.5) is 5.69 Å². The third-order valence-electron chi connectivity index (χ3n) is 5.55. The van der Waals surface area contributed by atoms with Crippen molar-refractivity contribution in [2.75, 3.05) is 7.11 Å². The minimum atomic E-state index is -0.493. The van der Waals surface area contributed by atoms with Gasteiger partial charge in [0.2, 0.25) is 0 Å². The lowest BCUT2D eigenvalue weighted by Crippen LogP contribution is -2.36. The first-order valence-electron chi connectivity index (χ1n) is 10.6. The van der Waals surface area contributed by atoms with Crippen LogP contribution in [0.5, 0.6) is 5.75 Å². The van der Waals surface area contributed by atoms with Gasteiger partial charge in [0.25, 0.3) is 5.91 Å². The molecule has 174 valence electrons. The Balaban J connectivity index is 1.85. The number of carbonyl (C=O) groups excluding carboxylic acids is 1. The molecular formula is C24H22N4O4S2. The van der Waals surface area contributed by atoms with E-state index in [0.29, 0.717) is 26.0 Å². The van der Waals surface area contributed by atoms with Gasteiger partial charge in [-0.3, -0.25) is 19.8 Å². The molecule has 0 saturated carbocycles. The van der Waals surface area contributed by atoms with Crippen molar-refractivity contribution in [2.45, 2.75) is 26.3 Å². The molecule has 34 heavy (non-hydrogen) atoms. The van der Waals surface area contributed by atoms with Crippen molar-refractivity contribution >= 4 is 46.0 Å². The van der Waals surface area contributed by atoms with E-state index in [1.807, 2.05) is 44.2 Å². The number of para-hydroxylation sites is 1. The highest BCUT2D eigenvalue weighted by Gasteiger charge is 2.35. The summed E-state index contributed by atoms with van der Waals surface area (Å²) in [5, 5.41) is 16.3. The van der Waals surface area contributed by atoms with Crippen LogP contribution in [0.2, 0.25) is 0 Å². The Hall–Kier alpha value is -3.50. The van der Waals surface area contributed by atoms with Crippen LogP contribution in [0, 0.1) is 10.1 Å². The third-order valence-corrected chi connectivity index (χ3v) is 6.88. The highest BCUT2D eigenvalue weighted by atomic mass is 32.2. The summed E-state index contributed by atoms with van der Waals surface area (Å²) in [5.74, 6) is 0.00990. The molecule has 0 radical (unpaired) electrons. The molecule has 0 bridgehead atoms. The van der Waals surface area contributed by atoms with Crippen LogP contribution in [0.1, 0.15) is 25.8 Å². The van der Waals surface area contributed by atoms with E-state index in [4.69, 9.17) is 22.1 Å². The Kier molecular flexibility index (Phi) is 6.80. The number of methoxy groups -OCH3 is 1. The third kappa shape index (κ3) is 4.46. The number of amides is 1. The maximum Gasteiger partial charge on any atom is 0.311 e. The van der Waals surface area contributed by atoms with Gasteiger partial charge in [0.15, 0.2) is 5.75 Å². The predicted octanol–water partition coefficient (Wildman–Crippen LogP) is 5.46. The second-order valence-electron chi connectivity index (χ2n) is 7.67. The zero-order chi connectivity index (χ0) is 24.4. The molecular weight excluding hydrogens is 472 g/mol. The smallest absolute Gasteiger partial charge is 0.311 e. The van der Waals surface area contributed by atoms with Gasteiger partial charge in [-0.15, -0.1) is 0 Å². The zero-order valence-electron chi connectivity index (χ0n) is 18.8. The number of nitro benzene ring substituents is 1. The fourth-order valence-corrected chi connectivity index (χ4v) is 5.05. The number of aromatic nitrogens is 2. The molecule has 8 nitrogen and oxygen atoms in total. The van der Waals surface area contributed by atoms with E-state index in [2.05, 4.69) is 0 Å². The van der Waals surface area contributed by atoms with E-state index in [9.17, 15) is 14.9 Å². The first-order chi connectivity index (χ1) is 16.3. The predicted molar refractivity (Wildman–Crippen MR) is 137 cm³/mol. The van der Waals surface area contributed by atoms with Gasteiger partial charge in [-0.2, -0.15) is 5.10 Å². The highest BCUT2D eigenvalue weighted by molar-refractivity contribution is 8.26. The second kappa shape index (κ2) is 9.78. The van der Waals surface area contributed by atoms with E-state index < -0.39 is 4.92 Å². The van der Waals surface area contributed by atoms with Gasteiger partial charge in [0.05, 0.1) is 22.6 Å². The van der Waals surface area contributed by atoms with Gasteiger partial charge in [-0.05, 0) is 43.7 Å². The van der Waals surface area contributed by atoms with Gasteiger partial charge in [-0.25, -0.2) is 4.68 Å². The summed E-state index contributed by atoms with van der Waals surface area (Å²) in [6, 6.07) is 14.2. The van der Waals surface area contributed by atoms with Crippen molar-refractivity contribution < 1.29 is 14.5 Å².